The summed E-state index contributed by atoms with van der Waals surface area (Å²) in [4.78, 5) is 24.8. The lowest BCUT2D eigenvalue weighted by Gasteiger charge is -2.32. The van der Waals surface area contributed by atoms with E-state index in [1.165, 1.54) is 0 Å². The standard InChI is InChI=1S/C16H24BNO5/c1-14(2,3)21-13(20)18-9-8-11(10-12(18)19)17-22-15(4,5)16(6,7)23-17/h8-10H,1-7H3/i8D,9D,10D. The number of carbonyl (C=O) groups is 1. The summed E-state index contributed by atoms with van der Waals surface area (Å²) in [5.74, 6) is 0. The quantitative estimate of drug-likeness (QED) is 0.739. The van der Waals surface area contributed by atoms with Crippen molar-refractivity contribution in [1.29, 1.82) is 0 Å². The molecule has 0 aromatic carbocycles. The van der Waals surface area contributed by atoms with Gasteiger partial charge >= 0.3 is 13.2 Å². The van der Waals surface area contributed by atoms with Crippen molar-refractivity contribution in [3.63, 3.8) is 0 Å². The van der Waals surface area contributed by atoms with E-state index in [4.69, 9.17) is 18.2 Å². The molecule has 1 aromatic rings. The summed E-state index contributed by atoms with van der Waals surface area (Å²) >= 11 is 0. The normalized spacial score (nSPS) is 21.5. The summed E-state index contributed by atoms with van der Waals surface area (Å²) in [6.45, 7) is 12.0. The summed E-state index contributed by atoms with van der Waals surface area (Å²) in [6.07, 6.45) is -1.78. The molecule has 1 aromatic heterocycles. The minimum Gasteiger partial charge on any atom is -0.443 e. The molecule has 0 atom stereocenters. The Balaban J connectivity index is 2.57. The van der Waals surface area contributed by atoms with Gasteiger partial charge in [-0.3, -0.25) is 4.79 Å². The van der Waals surface area contributed by atoms with Gasteiger partial charge in [-0.05, 0) is 60.0 Å². The van der Waals surface area contributed by atoms with Gasteiger partial charge in [-0.2, -0.15) is 0 Å². The lowest BCUT2D eigenvalue weighted by molar-refractivity contribution is 0.00578. The van der Waals surface area contributed by atoms with E-state index in [9.17, 15) is 9.59 Å². The molecule has 0 spiro atoms. The maximum absolute atomic E-state index is 12.5. The topological polar surface area (TPSA) is 66.8 Å². The van der Waals surface area contributed by atoms with Crippen LogP contribution in [0.25, 0.3) is 0 Å². The lowest BCUT2D eigenvalue weighted by Crippen LogP contribution is -2.41. The number of pyridine rings is 1. The predicted molar refractivity (Wildman–Crippen MR) is 88.1 cm³/mol. The Bertz CT molecular complexity index is 798. The van der Waals surface area contributed by atoms with Gasteiger partial charge in [0.1, 0.15) is 5.60 Å². The summed E-state index contributed by atoms with van der Waals surface area (Å²) in [6, 6.07) is -1.12. The van der Waals surface area contributed by atoms with E-state index in [-0.39, 0.29) is 5.46 Å². The maximum atomic E-state index is 12.5. The highest BCUT2D eigenvalue weighted by molar-refractivity contribution is 6.62. The van der Waals surface area contributed by atoms with Crippen molar-refractivity contribution >= 4 is 18.7 Å². The first-order valence-electron chi connectivity index (χ1n) is 8.91. The molecule has 0 N–H and O–H groups in total. The molecule has 6 nitrogen and oxygen atoms in total. The third-order valence-electron chi connectivity index (χ3n) is 3.81. The Hall–Kier alpha value is -1.60. The number of aromatic nitrogens is 1. The van der Waals surface area contributed by atoms with Crippen molar-refractivity contribution in [2.45, 2.75) is 65.3 Å². The molecule has 2 heterocycles. The highest BCUT2D eigenvalue weighted by Crippen LogP contribution is 2.36. The fourth-order valence-corrected chi connectivity index (χ4v) is 1.88. The van der Waals surface area contributed by atoms with Crippen LogP contribution in [-0.2, 0) is 14.0 Å². The summed E-state index contributed by atoms with van der Waals surface area (Å²) < 4.78 is 41.4. The highest BCUT2D eigenvalue weighted by atomic mass is 16.7. The van der Waals surface area contributed by atoms with E-state index in [1.807, 2.05) is 0 Å². The van der Waals surface area contributed by atoms with Crippen LogP contribution in [0.2, 0.25) is 0 Å². The van der Waals surface area contributed by atoms with E-state index in [0.717, 1.165) is 0 Å². The molecular formula is C16H24BNO5. The molecule has 0 unspecified atom stereocenters. The van der Waals surface area contributed by atoms with Gasteiger partial charge in [0.05, 0.1) is 15.3 Å². The molecule has 0 radical (unpaired) electrons. The fraction of sp³-hybridized carbons (Fsp3) is 0.625. The van der Waals surface area contributed by atoms with Crippen LogP contribution in [0.5, 0.6) is 0 Å². The molecule has 23 heavy (non-hydrogen) atoms. The minimum absolute atomic E-state index is 0.168. The van der Waals surface area contributed by atoms with Crippen LogP contribution in [0, 0.1) is 0 Å². The summed E-state index contributed by atoms with van der Waals surface area (Å²) in [7, 11) is -1.15. The molecule has 2 rings (SSSR count). The van der Waals surface area contributed by atoms with Crippen molar-refractivity contribution in [2.24, 2.45) is 0 Å². The van der Waals surface area contributed by atoms with E-state index in [0.29, 0.717) is 4.57 Å². The first kappa shape index (κ1) is 13.8. The third kappa shape index (κ3) is 3.67. The van der Waals surface area contributed by atoms with Crippen LogP contribution >= 0.6 is 0 Å². The predicted octanol–water partition coefficient (Wildman–Crippen LogP) is 1.93. The largest absolute Gasteiger partial charge is 0.495 e. The van der Waals surface area contributed by atoms with Gasteiger partial charge < -0.3 is 14.0 Å². The van der Waals surface area contributed by atoms with Crippen LogP contribution < -0.4 is 11.0 Å². The van der Waals surface area contributed by atoms with Gasteiger partial charge in [0, 0.05) is 12.2 Å². The minimum atomic E-state index is -1.15. The van der Waals surface area contributed by atoms with Crippen molar-refractivity contribution in [3.05, 3.63) is 28.6 Å². The van der Waals surface area contributed by atoms with Crippen LogP contribution in [0.15, 0.2) is 23.1 Å². The molecule has 0 amide bonds. The Morgan fingerprint density at radius 1 is 1.26 bits per heavy atom. The second kappa shape index (κ2) is 5.49. The van der Waals surface area contributed by atoms with E-state index >= 15 is 0 Å². The van der Waals surface area contributed by atoms with Gasteiger partial charge in [0.25, 0.3) is 5.56 Å². The molecule has 0 saturated carbocycles. The molecule has 1 fully saturated rings. The molecule has 1 saturated heterocycles. The van der Waals surface area contributed by atoms with E-state index in [2.05, 4.69) is 0 Å². The Morgan fingerprint density at radius 3 is 2.26 bits per heavy atom. The van der Waals surface area contributed by atoms with Crippen LogP contribution in [0.1, 0.15) is 52.6 Å². The Kier molecular flexibility index (Phi) is 3.30. The van der Waals surface area contributed by atoms with Gasteiger partial charge in [0.2, 0.25) is 0 Å². The van der Waals surface area contributed by atoms with E-state index < -0.39 is 53.8 Å². The Morgan fingerprint density at radius 2 is 1.78 bits per heavy atom. The summed E-state index contributed by atoms with van der Waals surface area (Å²) in [5.41, 5.74) is -3.58. The SMILES string of the molecule is [2H]c1c(B2OC(C)(C)C(C)(C)O2)c([2H])c(=O)n(C(=O)OC(C)(C)C)c1[2H]. The lowest BCUT2D eigenvalue weighted by atomic mass is 9.80. The van der Waals surface area contributed by atoms with Crippen molar-refractivity contribution in [2.75, 3.05) is 0 Å². The molecule has 0 aliphatic carbocycles. The second-order valence-electron chi connectivity index (χ2n) is 7.48. The molecule has 1 aliphatic rings. The number of carbonyl (C=O) groups excluding carboxylic acids is 1. The zero-order chi connectivity index (χ0) is 20.2. The molecule has 126 valence electrons. The van der Waals surface area contributed by atoms with Crippen LogP contribution in [0.4, 0.5) is 4.79 Å². The van der Waals surface area contributed by atoms with E-state index in [1.54, 1.807) is 48.5 Å². The van der Waals surface area contributed by atoms with Gasteiger partial charge in [-0.1, -0.05) is 0 Å². The fourth-order valence-electron chi connectivity index (χ4n) is 1.88. The number of hydrogen-bond acceptors (Lipinski definition) is 5. The maximum Gasteiger partial charge on any atom is 0.495 e. The number of ether oxygens (including phenoxy) is 1. The Labute approximate surface area is 141 Å². The van der Waals surface area contributed by atoms with Crippen LogP contribution in [0.3, 0.4) is 0 Å². The monoisotopic (exact) mass is 324 g/mol. The van der Waals surface area contributed by atoms with Crippen molar-refractivity contribution in [3.8, 4) is 0 Å². The van der Waals surface area contributed by atoms with Gasteiger partial charge in [-0.25, -0.2) is 9.36 Å². The van der Waals surface area contributed by atoms with Crippen molar-refractivity contribution < 1.29 is 23.0 Å². The summed E-state index contributed by atoms with van der Waals surface area (Å²) in [5, 5.41) is 0. The van der Waals surface area contributed by atoms with Gasteiger partial charge in [0.15, 0.2) is 0 Å². The van der Waals surface area contributed by atoms with Crippen LogP contribution in [-0.4, -0.2) is 34.6 Å². The number of rotatable bonds is 1. The molecule has 1 aliphatic heterocycles. The second-order valence-corrected chi connectivity index (χ2v) is 7.48. The van der Waals surface area contributed by atoms with Gasteiger partial charge in [-0.15, -0.1) is 0 Å². The third-order valence-corrected chi connectivity index (χ3v) is 3.81. The first-order chi connectivity index (χ1) is 11.6. The zero-order valence-corrected chi connectivity index (χ0v) is 14.6. The first-order valence-corrected chi connectivity index (χ1v) is 7.41. The average Bonchev–Trinajstić information content (AvgIpc) is 2.63. The average molecular weight is 324 g/mol. The smallest absolute Gasteiger partial charge is 0.443 e. The molecule has 7 heteroatoms. The zero-order valence-electron chi connectivity index (χ0n) is 17.6. The molecule has 0 bridgehead atoms. The number of hydrogen-bond donors (Lipinski definition) is 0. The van der Waals surface area contributed by atoms with Crippen molar-refractivity contribution in [1.82, 2.24) is 4.57 Å². The highest BCUT2D eigenvalue weighted by Gasteiger charge is 2.51. The number of nitrogens with zero attached hydrogens (tertiary/aromatic N) is 1. The molecular weight excluding hydrogens is 297 g/mol.